The van der Waals surface area contributed by atoms with E-state index >= 15 is 0 Å². The summed E-state index contributed by atoms with van der Waals surface area (Å²) in [5, 5.41) is 0. The van der Waals surface area contributed by atoms with Crippen LogP contribution in [0.4, 0.5) is 0 Å². The number of hydrogen-bond acceptors (Lipinski definition) is 1. The molecule has 1 unspecified atom stereocenters. The normalized spacial score (nSPS) is 45.8. The second-order valence-electron chi connectivity index (χ2n) is 4.77. The zero-order valence-corrected chi connectivity index (χ0v) is 7.71. The minimum Gasteiger partial charge on any atom is -0.306 e. The first-order valence-electron chi connectivity index (χ1n) is 4.92. The Labute approximate surface area is 69.8 Å². The molecule has 2 bridgehead atoms. The van der Waals surface area contributed by atoms with Crippen molar-refractivity contribution >= 4 is 0 Å². The topological polar surface area (TPSA) is 3.24 Å². The van der Waals surface area contributed by atoms with Crippen LogP contribution in [0, 0.1) is 17.8 Å². The van der Waals surface area contributed by atoms with Gasteiger partial charge in [0.05, 0.1) is 0 Å². The van der Waals surface area contributed by atoms with E-state index in [1.165, 1.54) is 32.4 Å². The third-order valence-corrected chi connectivity index (χ3v) is 3.26. The molecule has 0 aromatic rings. The molecule has 1 saturated carbocycles. The quantitative estimate of drug-likeness (QED) is 0.514. The van der Waals surface area contributed by atoms with Gasteiger partial charge in [-0.05, 0) is 44.1 Å². The van der Waals surface area contributed by atoms with Crippen molar-refractivity contribution in [1.82, 2.24) is 4.90 Å². The van der Waals surface area contributed by atoms with Gasteiger partial charge in [-0.3, -0.25) is 0 Å². The maximum absolute atomic E-state index is 2.52. The van der Waals surface area contributed by atoms with Crippen LogP contribution in [-0.2, 0) is 0 Å². The van der Waals surface area contributed by atoms with E-state index in [0.717, 1.165) is 17.8 Å². The second kappa shape index (κ2) is 2.78. The maximum atomic E-state index is 2.52. The van der Waals surface area contributed by atoms with E-state index in [0.29, 0.717) is 0 Å². The molecule has 1 heteroatoms. The highest BCUT2D eigenvalue weighted by Gasteiger charge is 2.33. The summed E-state index contributed by atoms with van der Waals surface area (Å²) in [4.78, 5) is 2.52. The third kappa shape index (κ3) is 1.58. The van der Waals surface area contributed by atoms with Gasteiger partial charge in [0.15, 0.2) is 0 Å². The molecule has 2 saturated heterocycles. The van der Waals surface area contributed by atoms with Crippen molar-refractivity contribution in [3.8, 4) is 0 Å². The maximum Gasteiger partial charge on any atom is 0.000692 e. The lowest BCUT2D eigenvalue weighted by Gasteiger charge is -2.42. The predicted molar refractivity (Wildman–Crippen MR) is 47.5 cm³/mol. The van der Waals surface area contributed by atoms with Gasteiger partial charge >= 0.3 is 0 Å². The first-order chi connectivity index (χ1) is 5.24. The number of nitrogens with zero attached hydrogens (tertiary/aromatic N) is 1. The molecule has 3 fully saturated rings. The summed E-state index contributed by atoms with van der Waals surface area (Å²) >= 11 is 0. The number of hydrogen-bond donors (Lipinski definition) is 0. The standard InChI is InChI=1S/C10H19N/c1-8-3-9-4-10(5-9)7-11(2)6-8/h8-10H,3-7H2,1-2H3. The molecule has 2 aliphatic heterocycles. The van der Waals surface area contributed by atoms with Crippen molar-refractivity contribution in [3.05, 3.63) is 0 Å². The van der Waals surface area contributed by atoms with E-state index in [2.05, 4.69) is 18.9 Å². The van der Waals surface area contributed by atoms with Crippen molar-refractivity contribution < 1.29 is 0 Å². The SMILES string of the molecule is CC1CC2CC(C2)CN(C)C1. The Hall–Kier alpha value is -0.0400. The van der Waals surface area contributed by atoms with Crippen LogP contribution in [0.2, 0.25) is 0 Å². The molecule has 11 heavy (non-hydrogen) atoms. The van der Waals surface area contributed by atoms with Gasteiger partial charge in [-0.15, -0.1) is 0 Å². The van der Waals surface area contributed by atoms with Crippen LogP contribution in [0.25, 0.3) is 0 Å². The molecule has 0 spiro atoms. The summed E-state index contributed by atoms with van der Waals surface area (Å²) in [7, 11) is 2.27. The van der Waals surface area contributed by atoms with Gasteiger partial charge in [-0.2, -0.15) is 0 Å². The highest BCUT2D eigenvalue weighted by atomic mass is 15.1. The predicted octanol–water partition coefficient (Wildman–Crippen LogP) is 1.98. The summed E-state index contributed by atoms with van der Waals surface area (Å²) in [6.07, 6.45) is 4.53. The molecule has 0 radical (unpaired) electrons. The van der Waals surface area contributed by atoms with Gasteiger partial charge in [0.2, 0.25) is 0 Å². The first kappa shape index (κ1) is 7.60. The van der Waals surface area contributed by atoms with E-state index in [1.807, 2.05) is 0 Å². The minimum atomic E-state index is 0.936. The number of fused-ring (bicyclic) bond motifs is 4. The van der Waals surface area contributed by atoms with Crippen molar-refractivity contribution in [1.29, 1.82) is 0 Å². The number of rotatable bonds is 0. The zero-order chi connectivity index (χ0) is 7.84. The Kier molecular flexibility index (Phi) is 1.92. The van der Waals surface area contributed by atoms with Gasteiger partial charge in [0.1, 0.15) is 0 Å². The molecule has 1 aliphatic carbocycles. The first-order valence-corrected chi connectivity index (χ1v) is 4.92. The van der Waals surface area contributed by atoms with Crippen LogP contribution in [-0.4, -0.2) is 25.0 Å². The summed E-state index contributed by atoms with van der Waals surface area (Å²) in [5.74, 6) is 3.09. The van der Waals surface area contributed by atoms with Crippen LogP contribution in [0.15, 0.2) is 0 Å². The highest BCUT2D eigenvalue weighted by Crippen LogP contribution is 2.40. The van der Waals surface area contributed by atoms with Gasteiger partial charge in [-0.1, -0.05) is 6.92 Å². The molecular weight excluding hydrogens is 134 g/mol. The summed E-state index contributed by atoms with van der Waals surface area (Å²) < 4.78 is 0. The molecular formula is C10H19N. The fraction of sp³-hybridized carbons (Fsp3) is 1.00. The van der Waals surface area contributed by atoms with Crippen LogP contribution < -0.4 is 0 Å². The summed E-state index contributed by atoms with van der Waals surface area (Å²) in [6.45, 7) is 5.09. The van der Waals surface area contributed by atoms with Crippen molar-refractivity contribution in [2.75, 3.05) is 20.1 Å². The Morgan fingerprint density at radius 1 is 1.00 bits per heavy atom. The average Bonchev–Trinajstić information content (AvgIpc) is 1.77. The Morgan fingerprint density at radius 3 is 2.45 bits per heavy atom. The zero-order valence-electron chi connectivity index (χ0n) is 7.71. The van der Waals surface area contributed by atoms with Gasteiger partial charge in [0.25, 0.3) is 0 Å². The Morgan fingerprint density at radius 2 is 1.73 bits per heavy atom. The van der Waals surface area contributed by atoms with E-state index in [9.17, 15) is 0 Å². The van der Waals surface area contributed by atoms with E-state index in [-0.39, 0.29) is 0 Å². The monoisotopic (exact) mass is 153 g/mol. The van der Waals surface area contributed by atoms with Crippen molar-refractivity contribution in [2.45, 2.75) is 26.2 Å². The lowest BCUT2D eigenvalue weighted by atomic mass is 9.70. The van der Waals surface area contributed by atoms with Crippen LogP contribution in [0.1, 0.15) is 26.2 Å². The molecule has 0 aromatic heterocycles. The molecule has 0 N–H and O–H groups in total. The molecule has 1 nitrogen and oxygen atoms in total. The van der Waals surface area contributed by atoms with Crippen LogP contribution in [0.5, 0.6) is 0 Å². The smallest absolute Gasteiger partial charge is 0.000692 e. The van der Waals surface area contributed by atoms with Crippen molar-refractivity contribution in [3.63, 3.8) is 0 Å². The fourth-order valence-electron chi connectivity index (χ4n) is 2.91. The highest BCUT2D eigenvalue weighted by molar-refractivity contribution is 4.85. The molecule has 64 valence electrons. The van der Waals surface area contributed by atoms with Crippen molar-refractivity contribution in [2.24, 2.45) is 17.8 Å². The molecule has 0 amide bonds. The molecule has 0 aromatic carbocycles. The molecule has 3 aliphatic rings. The van der Waals surface area contributed by atoms with Crippen LogP contribution in [0.3, 0.4) is 0 Å². The van der Waals surface area contributed by atoms with E-state index in [4.69, 9.17) is 0 Å². The van der Waals surface area contributed by atoms with Gasteiger partial charge in [-0.25, -0.2) is 0 Å². The lowest BCUT2D eigenvalue weighted by Crippen LogP contribution is -2.40. The lowest BCUT2D eigenvalue weighted by molar-refractivity contribution is 0.0765. The second-order valence-corrected chi connectivity index (χ2v) is 4.77. The fourth-order valence-corrected chi connectivity index (χ4v) is 2.91. The van der Waals surface area contributed by atoms with E-state index < -0.39 is 0 Å². The minimum absolute atomic E-state index is 0.936. The Bertz CT molecular complexity index is 120. The van der Waals surface area contributed by atoms with Gasteiger partial charge < -0.3 is 4.90 Å². The van der Waals surface area contributed by atoms with Gasteiger partial charge in [0, 0.05) is 13.1 Å². The molecule has 2 heterocycles. The third-order valence-electron chi connectivity index (χ3n) is 3.26. The largest absolute Gasteiger partial charge is 0.306 e. The van der Waals surface area contributed by atoms with E-state index in [1.54, 1.807) is 0 Å². The summed E-state index contributed by atoms with van der Waals surface area (Å²) in [5.41, 5.74) is 0. The molecule has 3 rings (SSSR count). The summed E-state index contributed by atoms with van der Waals surface area (Å²) in [6, 6.07) is 0. The van der Waals surface area contributed by atoms with Crippen LogP contribution >= 0.6 is 0 Å². The Balaban J connectivity index is 1.93. The average molecular weight is 153 g/mol. The molecule has 1 atom stereocenters.